The van der Waals surface area contributed by atoms with Gasteiger partial charge in [0.1, 0.15) is 0 Å². The fraction of sp³-hybridized carbons (Fsp3) is 0.762. The molecule has 3 heterocycles. The van der Waals surface area contributed by atoms with E-state index in [0.717, 1.165) is 44.0 Å². The molecule has 0 spiro atoms. The van der Waals surface area contributed by atoms with Gasteiger partial charge >= 0.3 is 0 Å². The van der Waals surface area contributed by atoms with Crippen LogP contribution in [0.15, 0.2) is 18.2 Å². The van der Waals surface area contributed by atoms with Crippen LogP contribution in [0.25, 0.3) is 0 Å². The summed E-state index contributed by atoms with van der Waals surface area (Å²) in [4.78, 5) is 12.5. The molecule has 0 amide bonds. The van der Waals surface area contributed by atoms with Crippen LogP contribution in [0.4, 0.5) is 0 Å². The number of nitrogens with zero attached hydrogens (tertiary/aromatic N) is 4. The van der Waals surface area contributed by atoms with Crippen LogP contribution in [0, 0.1) is 6.92 Å². The van der Waals surface area contributed by atoms with Gasteiger partial charge in [0.2, 0.25) is 0 Å². The first-order valence-electron chi connectivity index (χ1n) is 10.3. The van der Waals surface area contributed by atoms with Gasteiger partial charge in [0.05, 0.1) is 5.69 Å². The maximum absolute atomic E-state index is 9.60. The number of aliphatic hydroxyl groups is 1. The number of rotatable bonds is 6. The molecule has 0 radical (unpaired) electrons. The van der Waals surface area contributed by atoms with E-state index in [9.17, 15) is 5.11 Å². The summed E-state index contributed by atoms with van der Waals surface area (Å²) in [7, 11) is 0. The largest absolute Gasteiger partial charge is 0.396 e. The molecular weight excluding hydrogens is 324 g/mol. The van der Waals surface area contributed by atoms with Crippen LogP contribution in [0.3, 0.4) is 0 Å². The van der Waals surface area contributed by atoms with E-state index in [2.05, 4.69) is 58.7 Å². The van der Waals surface area contributed by atoms with Crippen molar-refractivity contribution in [2.45, 2.75) is 64.7 Å². The molecule has 0 bridgehead atoms. The Kier molecular flexibility index (Phi) is 7.04. The number of aromatic nitrogens is 1. The van der Waals surface area contributed by atoms with Crippen LogP contribution in [0.5, 0.6) is 0 Å². The van der Waals surface area contributed by atoms with E-state index in [1.165, 1.54) is 25.9 Å². The first-order chi connectivity index (χ1) is 12.6. The molecule has 0 aliphatic carbocycles. The number of likely N-dealkylation sites (tertiary alicyclic amines) is 1. The van der Waals surface area contributed by atoms with Gasteiger partial charge in [-0.05, 0) is 65.3 Å². The molecule has 2 aliphatic heterocycles. The molecule has 1 N–H and O–H groups in total. The first-order valence-corrected chi connectivity index (χ1v) is 10.3. The molecule has 2 aliphatic rings. The van der Waals surface area contributed by atoms with Crippen molar-refractivity contribution in [3.8, 4) is 0 Å². The van der Waals surface area contributed by atoms with Crippen LogP contribution in [-0.2, 0) is 6.54 Å². The van der Waals surface area contributed by atoms with Crippen molar-refractivity contribution in [2.24, 2.45) is 0 Å². The molecule has 2 saturated heterocycles. The Hall–Kier alpha value is -1.01. The summed E-state index contributed by atoms with van der Waals surface area (Å²) in [6.45, 7) is 13.5. The molecule has 0 saturated carbocycles. The lowest BCUT2D eigenvalue weighted by molar-refractivity contribution is -0.000344. The van der Waals surface area contributed by atoms with Gasteiger partial charge < -0.3 is 10.0 Å². The molecule has 0 unspecified atom stereocenters. The van der Waals surface area contributed by atoms with Crippen molar-refractivity contribution in [1.82, 2.24) is 19.7 Å². The van der Waals surface area contributed by atoms with E-state index in [1.807, 2.05) is 0 Å². The first kappa shape index (κ1) is 19.7. The average molecular weight is 361 g/mol. The lowest BCUT2D eigenvalue weighted by atomic mass is 9.97. The minimum absolute atomic E-state index is 0.280. The molecule has 5 nitrogen and oxygen atoms in total. The molecule has 5 heteroatoms. The van der Waals surface area contributed by atoms with Gasteiger partial charge in [0.25, 0.3) is 0 Å². The van der Waals surface area contributed by atoms with Crippen LogP contribution in [0.2, 0.25) is 0 Å². The predicted octanol–water partition coefficient (Wildman–Crippen LogP) is 2.13. The third-order valence-corrected chi connectivity index (χ3v) is 6.10. The summed E-state index contributed by atoms with van der Waals surface area (Å²) in [5.74, 6) is 0. The summed E-state index contributed by atoms with van der Waals surface area (Å²) < 4.78 is 0. The normalized spacial score (nSPS) is 24.4. The van der Waals surface area contributed by atoms with Gasteiger partial charge in [-0.15, -0.1) is 0 Å². The van der Waals surface area contributed by atoms with Gasteiger partial charge in [0, 0.05) is 56.6 Å². The summed E-state index contributed by atoms with van der Waals surface area (Å²) in [6.07, 6.45) is 3.40. The number of hydrogen-bond acceptors (Lipinski definition) is 5. The second-order valence-electron chi connectivity index (χ2n) is 8.27. The Morgan fingerprint density at radius 1 is 1.15 bits per heavy atom. The molecule has 26 heavy (non-hydrogen) atoms. The molecule has 2 fully saturated rings. The molecular formula is C21H36N4O. The fourth-order valence-corrected chi connectivity index (χ4v) is 4.61. The third kappa shape index (κ3) is 5.03. The lowest BCUT2D eigenvalue weighted by Gasteiger charge is -2.48. The van der Waals surface area contributed by atoms with E-state index in [-0.39, 0.29) is 6.61 Å². The van der Waals surface area contributed by atoms with E-state index in [1.54, 1.807) is 0 Å². The minimum Gasteiger partial charge on any atom is -0.396 e. The zero-order chi connectivity index (χ0) is 18.5. The van der Waals surface area contributed by atoms with Crippen molar-refractivity contribution >= 4 is 0 Å². The highest BCUT2D eigenvalue weighted by Gasteiger charge is 2.33. The van der Waals surface area contributed by atoms with E-state index in [4.69, 9.17) is 0 Å². The number of piperidine rings is 1. The number of aliphatic hydroxyl groups excluding tert-OH is 1. The fourth-order valence-electron chi connectivity index (χ4n) is 4.61. The van der Waals surface area contributed by atoms with Crippen LogP contribution >= 0.6 is 0 Å². The Bertz CT molecular complexity index is 557. The molecule has 146 valence electrons. The predicted molar refractivity (Wildman–Crippen MR) is 106 cm³/mol. The molecule has 0 aromatic carbocycles. The van der Waals surface area contributed by atoms with Crippen LogP contribution < -0.4 is 0 Å². The summed E-state index contributed by atoms with van der Waals surface area (Å²) in [6, 6.07) is 8.08. The maximum atomic E-state index is 9.60. The average Bonchev–Trinajstić information content (AvgIpc) is 2.62. The van der Waals surface area contributed by atoms with Crippen LogP contribution in [0.1, 0.15) is 44.5 Å². The lowest BCUT2D eigenvalue weighted by Crippen LogP contribution is -2.58. The number of piperazine rings is 1. The van der Waals surface area contributed by atoms with Gasteiger partial charge in [-0.2, -0.15) is 0 Å². The maximum Gasteiger partial charge on any atom is 0.0547 e. The van der Waals surface area contributed by atoms with Gasteiger partial charge in [-0.1, -0.05) is 6.07 Å². The van der Waals surface area contributed by atoms with Crippen molar-refractivity contribution in [1.29, 1.82) is 0 Å². The van der Waals surface area contributed by atoms with E-state index >= 15 is 0 Å². The SMILES string of the molecule is Cc1cccc(CN2CCN(C3CCN(C(C)C)CC3)[C@H](CCO)C2)n1. The number of aryl methyl sites for hydroxylation is 1. The quantitative estimate of drug-likeness (QED) is 0.842. The number of hydrogen-bond donors (Lipinski definition) is 1. The summed E-state index contributed by atoms with van der Waals surface area (Å²) >= 11 is 0. The van der Waals surface area contributed by atoms with Gasteiger partial charge in [-0.25, -0.2) is 0 Å². The second-order valence-corrected chi connectivity index (χ2v) is 8.27. The van der Waals surface area contributed by atoms with Gasteiger partial charge in [-0.3, -0.25) is 14.8 Å². The highest BCUT2D eigenvalue weighted by Crippen LogP contribution is 2.24. The van der Waals surface area contributed by atoms with E-state index in [0.29, 0.717) is 18.1 Å². The van der Waals surface area contributed by atoms with Gasteiger partial charge in [0.15, 0.2) is 0 Å². The molecule has 1 atom stereocenters. The highest BCUT2D eigenvalue weighted by atomic mass is 16.3. The summed E-state index contributed by atoms with van der Waals surface area (Å²) in [5.41, 5.74) is 2.25. The zero-order valence-corrected chi connectivity index (χ0v) is 16.8. The highest BCUT2D eigenvalue weighted by molar-refractivity contribution is 5.10. The summed E-state index contributed by atoms with van der Waals surface area (Å²) in [5, 5.41) is 9.60. The Morgan fingerprint density at radius 2 is 1.92 bits per heavy atom. The zero-order valence-electron chi connectivity index (χ0n) is 16.8. The number of pyridine rings is 1. The monoisotopic (exact) mass is 360 g/mol. The Labute approximate surface area is 159 Å². The Morgan fingerprint density at radius 3 is 2.58 bits per heavy atom. The molecule has 3 rings (SSSR count). The van der Waals surface area contributed by atoms with Crippen molar-refractivity contribution in [3.05, 3.63) is 29.6 Å². The Balaban J connectivity index is 1.58. The smallest absolute Gasteiger partial charge is 0.0547 e. The van der Waals surface area contributed by atoms with Crippen molar-refractivity contribution in [2.75, 3.05) is 39.3 Å². The molecule has 1 aromatic rings. The second kappa shape index (κ2) is 9.27. The van der Waals surface area contributed by atoms with E-state index < -0.39 is 0 Å². The standard InChI is InChI=1S/C21H36N4O/c1-17(2)24-10-7-20(8-11-24)25-13-12-23(16-21(25)9-14-26)15-19-6-4-5-18(3)22-19/h4-6,17,20-21,26H,7-16H2,1-3H3/t21-/m1/s1. The van der Waals surface area contributed by atoms with Crippen molar-refractivity contribution < 1.29 is 5.11 Å². The minimum atomic E-state index is 0.280. The topological polar surface area (TPSA) is 42.8 Å². The third-order valence-electron chi connectivity index (χ3n) is 6.10. The van der Waals surface area contributed by atoms with Crippen molar-refractivity contribution in [3.63, 3.8) is 0 Å². The van der Waals surface area contributed by atoms with Crippen LogP contribution in [-0.4, -0.2) is 82.2 Å². The molecule has 1 aromatic heterocycles.